The molecule has 0 saturated carbocycles. The normalized spacial score (nSPS) is 17.5. The second-order valence-corrected chi connectivity index (χ2v) is 8.41. The molecule has 5 nitrogen and oxygen atoms in total. The van der Waals surface area contributed by atoms with E-state index in [0.29, 0.717) is 5.56 Å². The number of imidazole rings is 1. The van der Waals surface area contributed by atoms with Crippen molar-refractivity contribution in [1.82, 2.24) is 14.9 Å². The Morgan fingerprint density at radius 3 is 2.60 bits per heavy atom. The van der Waals surface area contributed by atoms with Crippen molar-refractivity contribution in [3.05, 3.63) is 83.9 Å². The lowest BCUT2D eigenvalue weighted by atomic mass is 9.99. The van der Waals surface area contributed by atoms with Crippen LogP contribution in [0.5, 0.6) is 0 Å². The summed E-state index contributed by atoms with van der Waals surface area (Å²) in [6.07, 6.45) is 8.07. The maximum absolute atomic E-state index is 12.7. The van der Waals surface area contributed by atoms with Gasteiger partial charge in [0, 0.05) is 43.3 Å². The molecule has 1 amide bonds. The maximum atomic E-state index is 12.7. The van der Waals surface area contributed by atoms with E-state index < -0.39 is 0 Å². The van der Waals surface area contributed by atoms with Gasteiger partial charge in [-0.3, -0.25) is 4.79 Å². The first-order valence-corrected chi connectivity index (χ1v) is 10.8. The number of carbonyl (C=O) groups excluding carboxylic acids is 1. The molecular formula is C25H30N4O. The first-order chi connectivity index (χ1) is 14.6. The van der Waals surface area contributed by atoms with Gasteiger partial charge < -0.3 is 14.8 Å². The van der Waals surface area contributed by atoms with E-state index >= 15 is 0 Å². The van der Waals surface area contributed by atoms with Gasteiger partial charge in [0.25, 0.3) is 5.91 Å². The molecule has 2 heterocycles. The molecule has 1 fully saturated rings. The summed E-state index contributed by atoms with van der Waals surface area (Å²) < 4.78 is 2.01. The topological polar surface area (TPSA) is 50.2 Å². The number of hydrogen-bond acceptors (Lipinski definition) is 3. The fourth-order valence-electron chi connectivity index (χ4n) is 4.11. The molecule has 0 radical (unpaired) electrons. The van der Waals surface area contributed by atoms with Crippen molar-refractivity contribution in [3.63, 3.8) is 0 Å². The molecule has 1 aromatic heterocycles. The zero-order chi connectivity index (χ0) is 20.9. The van der Waals surface area contributed by atoms with Gasteiger partial charge in [-0.1, -0.05) is 31.2 Å². The zero-order valence-corrected chi connectivity index (χ0v) is 17.8. The largest absolute Gasteiger partial charge is 0.371 e. The second-order valence-electron chi connectivity index (χ2n) is 8.41. The Bertz CT molecular complexity index is 948. The van der Waals surface area contributed by atoms with Crippen LogP contribution in [0.4, 0.5) is 5.69 Å². The summed E-state index contributed by atoms with van der Waals surface area (Å²) in [5.41, 5.74) is 4.21. The molecule has 3 aromatic rings. The van der Waals surface area contributed by atoms with Gasteiger partial charge in [0.15, 0.2) is 0 Å². The number of amides is 1. The molecule has 5 heteroatoms. The summed E-state index contributed by atoms with van der Waals surface area (Å²) >= 11 is 0. The highest BCUT2D eigenvalue weighted by Crippen LogP contribution is 2.24. The van der Waals surface area contributed by atoms with Crippen molar-refractivity contribution >= 4 is 11.6 Å². The zero-order valence-electron chi connectivity index (χ0n) is 17.8. The third-order valence-electron chi connectivity index (χ3n) is 5.90. The second kappa shape index (κ2) is 9.16. The Balaban J connectivity index is 1.34. The number of benzene rings is 2. The molecule has 30 heavy (non-hydrogen) atoms. The van der Waals surface area contributed by atoms with Crippen molar-refractivity contribution in [1.29, 1.82) is 0 Å². The molecule has 1 N–H and O–H groups in total. The van der Waals surface area contributed by atoms with Crippen LogP contribution < -0.4 is 10.2 Å². The van der Waals surface area contributed by atoms with Crippen LogP contribution in [0.3, 0.4) is 0 Å². The van der Waals surface area contributed by atoms with E-state index in [-0.39, 0.29) is 11.9 Å². The minimum absolute atomic E-state index is 0.0440. The summed E-state index contributed by atoms with van der Waals surface area (Å²) in [6, 6.07) is 16.3. The Labute approximate surface area is 178 Å². The third-order valence-corrected chi connectivity index (χ3v) is 5.90. The molecule has 0 aliphatic carbocycles. The number of hydrogen-bond donors (Lipinski definition) is 1. The smallest absolute Gasteiger partial charge is 0.251 e. The molecule has 0 spiro atoms. The SMILES string of the molecule is C[C@H]1CCCN(c2ccc([C@H](C)NC(=O)c3ccc(Cn4ccnc4)cc3)cc2)C1. The van der Waals surface area contributed by atoms with Gasteiger partial charge in [-0.15, -0.1) is 0 Å². The maximum Gasteiger partial charge on any atom is 0.251 e. The van der Waals surface area contributed by atoms with Crippen LogP contribution in [-0.2, 0) is 6.54 Å². The van der Waals surface area contributed by atoms with Gasteiger partial charge >= 0.3 is 0 Å². The van der Waals surface area contributed by atoms with Gasteiger partial charge in [0.05, 0.1) is 12.4 Å². The first kappa shape index (κ1) is 20.2. The molecule has 2 aromatic carbocycles. The molecule has 1 saturated heterocycles. The molecule has 156 valence electrons. The van der Waals surface area contributed by atoms with Crippen LogP contribution in [-0.4, -0.2) is 28.5 Å². The van der Waals surface area contributed by atoms with E-state index in [0.717, 1.165) is 36.7 Å². The lowest BCUT2D eigenvalue weighted by Crippen LogP contribution is -2.34. The van der Waals surface area contributed by atoms with Crippen LogP contribution in [0.2, 0.25) is 0 Å². The van der Waals surface area contributed by atoms with E-state index in [1.807, 2.05) is 42.0 Å². The average molecular weight is 403 g/mol. The van der Waals surface area contributed by atoms with Crippen LogP contribution in [0.15, 0.2) is 67.3 Å². The van der Waals surface area contributed by atoms with Gasteiger partial charge in [-0.25, -0.2) is 4.98 Å². The highest BCUT2D eigenvalue weighted by Gasteiger charge is 2.17. The fourth-order valence-corrected chi connectivity index (χ4v) is 4.11. The number of carbonyl (C=O) groups is 1. The first-order valence-electron chi connectivity index (χ1n) is 10.8. The number of nitrogens with zero attached hydrogens (tertiary/aromatic N) is 3. The van der Waals surface area contributed by atoms with Gasteiger partial charge in [0.2, 0.25) is 0 Å². The van der Waals surface area contributed by atoms with Gasteiger partial charge in [0.1, 0.15) is 0 Å². The minimum Gasteiger partial charge on any atom is -0.371 e. The highest BCUT2D eigenvalue weighted by atomic mass is 16.1. The number of rotatable bonds is 6. The third kappa shape index (κ3) is 4.90. The Hall–Kier alpha value is -3.08. The Kier molecular flexibility index (Phi) is 6.17. The lowest BCUT2D eigenvalue weighted by Gasteiger charge is -2.33. The molecule has 1 aliphatic heterocycles. The van der Waals surface area contributed by atoms with E-state index in [2.05, 4.69) is 46.4 Å². The molecular weight excluding hydrogens is 372 g/mol. The van der Waals surface area contributed by atoms with Gasteiger partial charge in [-0.2, -0.15) is 0 Å². The molecule has 2 atom stereocenters. The summed E-state index contributed by atoms with van der Waals surface area (Å²) in [7, 11) is 0. The summed E-state index contributed by atoms with van der Waals surface area (Å²) in [5, 5.41) is 3.12. The monoisotopic (exact) mass is 402 g/mol. The Morgan fingerprint density at radius 1 is 1.17 bits per heavy atom. The minimum atomic E-state index is -0.0504. The summed E-state index contributed by atoms with van der Waals surface area (Å²) in [6.45, 7) is 7.36. The standard InChI is InChI=1S/C25H30N4O/c1-19-4-3-14-29(16-19)24-11-9-22(10-12-24)20(2)27-25(30)23-7-5-21(6-8-23)17-28-15-13-26-18-28/h5-13,15,18-20H,3-4,14,16-17H2,1-2H3,(H,27,30)/t19-,20-/m0/s1. The molecule has 0 unspecified atom stereocenters. The van der Waals surface area contributed by atoms with E-state index in [1.54, 1.807) is 12.5 Å². The lowest BCUT2D eigenvalue weighted by molar-refractivity contribution is 0.0940. The summed E-state index contributed by atoms with van der Waals surface area (Å²) in [5.74, 6) is 0.702. The van der Waals surface area contributed by atoms with E-state index in [4.69, 9.17) is 0 Å². The number of aromatic nitrogens is 2. The number of anilines is 1. The fraction of sp³-hybridized carbons (Fsp3) is 0.360. The van der Waals surface area contributed by atoms with Crippen LogP contribution in [0.25, 0.3) is 0 Å². The van der Waals surface area contributed by atoms with E-state index in [9.17, 15) is 4.79 Å². The molecule has 0 bridgehead atoms. The van der Waals surface area contributed by atoms with Crippen molar-refractivity contribution in [3.8, 4) is 0 Å². The van der Waals surface area contributed by atoms with Gasteiger partial charge in [-0.05, 0) is 61.1 Å². The number of nitrogens with one attached hydrogen (secondary N) is 1. The highest BCUT2D eigenvalue weighted by molar-refractivity contribution is 5.94. The molecule has 1 aliphatic rings. The average Bonchev–Trinajstić information content (AvgIpc) is 3.27. The quantitative estimate of drug-likeness (QED) is 0.652. The Morgan fingerprint density at radius 2 is 1.93 bits per heavy atom. The van der Waals surface area contributed by atoms with Crippen LogP contribution in [0.1, 0.15) is 54.2 Å². The van der Waals surface area contributed by atoms with Crippen LogP contribution in [0, 0.1) is 5.92 Å². The summed E-state index contributed by atoms with van der Waals surface area (Å²) in [4.78, 5) is 19.2. The van der Waals surface area contributed by atoms with Crippen molar-refractivity contribution in [2.24, 2.45) is 5.92 Å². The van der Waals surface area contributed by atoms with E-state index in [1.165, 1.54) is 18.5 Å². The van der Waals surface area contributed by atoms with Crippen LogP contribution >= 0.6 is 0 Å². The van der Waals surface area contributed by atoms with Crippen molar-refractivity contribution in [2.45, 2.75) is 39.3 Å². The van der Waals surface area contributed by atoms with Crippen molar-refractivity contribution in [2.75, 3.05) is 18.0 Å². The number of piperidine rings is 1. The predicted octanol–water partition coefficient (Wildman–Crippen LogP) is 4.66. The molecule has 4 rings (SSSR count). The predicted molar refractivity (Wildman–Crippen MR) is 121 cm³/mol. The van der Waals surface area contributed by atoms with Crippen molar-refractivity contribution < 1.29 is 4.79 Å².